The molecule has 1 aromatic carbocycles. The van der Waals surface area contributed by atoms with E-state index in [1.165, 1.54) is 0 Å². The molecule has 0 aliphatic carbocycles. The van der Waals surface area contributed by atoms with Gasteiger partial charge in [0, 0.05) is 49.6 Å². The number of para-hydroxylation sites is 1. The molecule has 0 N–H and O–H groups in total. The van der Waals surface area contributed by atoms with E-state index in [2.05, 4.69) is 50.9 Å². The van der Waals surface area contributed by atoms with Crippen molar-refractivity contribution < 1.29 is 4.52 Å². The van der Waals surface area contributed by atoms with E-state index in [1.54, 1.807) is 0 Å². The summed E-state index contributed by atoms with van der Waals surface area (Å²) in [4.78, 5) is 13.8. The third kappa shape index (κ3) is 4.29. The van der Waals surface area contributed by atoms with Gasteiger partial charge in [0.15, 0.2) is 5.82 Å². The molecule has 1 saturated heterocycles. The number of fused-ring (bicyclic) bond motifs is 1. The third-order valence-electron chi connectivity index (χ3n) is 4.97. The lowest BCUT2D eigenvalue weighted by Crippen LogP contribution is -2.45. The molecule has 0 bridgehead atoms. The van der Waals surface area contributed by atoms with Crippen molar-refractivity contribution >= 4 is 22.5 Å². The second kappa shape index (κ2) is 7.92. The van der Waals surface area contributed by atoms with Crippen molar-refractivity contribution in [3.63, 3.8) is 0 Å². The van der Waals surface area contributed by atoms with Gasteiger partial charge < -0.3 is 4.52 Å². The zero-order valence-corrected chi connectivity index (χ0v) is 16.5. The molecule has 27 heavy (non-hydrogen) atoms. The van der Waals surface area contributed by atoms with Crippen molar-refractivity contribution in [3.8, 4) is 0 Å². The number of hydrogen-bond acceptors (Lipinski definition) is 6. The van der Waals surface area contributed by atoms with Crippen LogP contribution in [0.25, 0.3) is 10.9 Å². The van der Waals surface area contributed by atoms with Crippen LogP contribution in [0.15, 0.2) is 34.9 Å². The number of benzene rings is 1. The lowest BCUT2D eigenvalue weighted by molar-refractivity contribution is 0.112. The number of hydrogen-bond donors (Lipinski definition) is 0. The Morgan fingerprint density at radius 3 is 2.44 bits per heavy atom. The first-order valence-corrected chi connectivity index (χ1v) is 9.77. The zero-order chi connectivity index (χ0) is 18.8. The van der Waals surface area contributed by atoms with Gasteiger partial charge in [-0.15, -0.1) is 0 Å². The molecule has 4 rings (SSSR count). The van der Waals surface area contributed by atoms with Crippen LogP contribution in [-0.2, 0) is 13.1 Å². The minimum Gasteiger partial charge on any atom is -0.338 e. The van der Waals surface area contributed by atoms with Crippen molar-refractivity contribution in [1.82, 2.24) is 24.9 Å². The van der Waals surface area contributed by atoms with Gasteiger partial charge in [-0.3, -0.25) is 9.80 Å². The summed E-state index contributed by atoms with van der Waals surface area (Å²) in [5.74, 6) is 1.77. The first-order valence-electron chi connectivity index (χ1n) is 9.40. The molecule has 1 fully saturated rings. The summed E-state index contributed by atoms with van der Waals surface area (Å²) >= 11 is 6.41. The molecule has 3 aromatic rings. The summed E-state index contributed by atoms with van der Waals surface area (Å²) in [6, 6.07) is 10.2. The molecule has 1 aliphatic rings. The average molecular weight is 386 g/mol. The van der Waals surface area contributed by atoms with Gasteiger partial charge in [-0.05, 0) is 12.1 Å². The Morgan fingerprint density at radius 1 is 1.04 bits per heavy atom. The molecule has 0 saturated carbocycles. The van der Waals surface area contributed by atoms with E-state index in [-0.39, 0.29) is 0 Å². The number of rotatable bonds is 5. The summed E-state index contributed by atoms with van der Waals surface area (Å²) in [7, 11) is 0. The van der Waals surface area contributed by atoms with Crippen LogP contribution in [0, 0.1) is 0 Å². The summed E-state index contributed by atoms with van der Waals surface area (Å²) < 4.78 is 5.37. The van der Waals surface area contributed by atoms with E-state index in [1.807, 2.05) is 18.2 Å². The maximum Gasteiger partial charge on any atom is 0.240 e. The highest BCUT2D eigenvalue weighted by molar-refractivity contribution is 6.30. The molecule has 0 spiro atoms. The number of aromatic nitrogens is 3. The van der Waals surface area contributed by atoms with Crippen molar-refractivity contribution in [2.75, 3.05) is 26.2 Å². The predicted molar refractivity (Wildman–Crippen MR) is 106 cm³/mol. The molecule has 7 heteroatoms. The normalized spacial score (nSPS) is 16.4. The Morgan fingerprint density at radius 2 is 1.74 bits per heavy atom. The third-order valence-corrected chi connectivity index (χ3v) is 5.30. The van der Waals surface area contributed by atoms with Crippen LogP contribution < -0.4 is 0 Å². The molecule has 6 nitrogen and oxygen atoms in total. The van der Waals surface area contributed by atoms with E-state index < -0.39 is 0 Å². The van der Waals surface area contributed by atoms with E-state index in [9.17, 15) is 0 Å². The van der Waals surface area contributed by atoms with E-state index in [0.717, 1.165) is 55.0 Å². The van der Waals surface area contributed by atoms with E-state index in [0.29, 0.717) is 23.5 Å². The molecule has 142 valence electrons. The summed E-state index contributed by atoms with van der Waals surface area (Å²) in [5.41, 5.74) is 2.03. The Bertz CT molecular complexity index is 918. The maximum atomic E-state index is 6.41. The van der Waals surface area contributed by atoms with Crippen LogP contribution in [0.1, 0.15) is 37.0 Å². The molecule has 0 unspecified atom stereocenters. The van der Waals surface area contributed by atoms with E-state index >= 15 is 0 Å². The van der Waals surface area contributed by atoms with E-state index in [4.69, 9.17) is 16.1 Å². The second-order valence-electron chi connectivity index (χ2n) is 7.38. The smallest absolute Gasteiger partial charge is 0.240 e. The van der Waals surface area contributed by atoms with Crippen molar-refractivity contribution in [2.45, 2.75) is 32.9 Å². The predicted octanol–water partition coefficient (Wildman–Crippen LogP) is 3.71. The van der Waals surface area contributed by atoms with Gasteiger partial charge in [0.25, 0.3) is 0 Å². The standard InChI is InChI=1S/C20H24ClN5O/c1-14(2)20-23-18(27-24-20)13-26-9-7-25(8-10-26)12-16-11-15-5-3-4-6-17(15)22-19(16)21/h3-6,11,14H,7-10,12-13H2,1-2H3. The van der Waals surface area contributed by atoms with Crippen LogP contribution in [0.2, 0.25) is 5.15 Å². The van der Waals surface area contributed by atoms with Crippen LogP contribution in [-0.4, -0.2) is 51.1 Å². The second-order valence-corrected chi connectivity index (χ2v) is 7.74. The van der Waals surface area contributed by atoms with Crippen LogP contribution in [0.3, 0.4) is 0 Å². The highest BCUT2D eigenvalue weighted by Crippen LogP contribution is 2.22. The average Bonchev–Trinajstić information content (AvgIpc) is 3.13. The molecular formula is C20H24ClN5O. The summed E-state index contributed by atoms with van der Waals surface area (Å²) in [6.45, 7) is 9.58. The van der Waals surface area contributed by atoms with Crippen LogP contribution >= 0.6 is 11.6 Å². The Balaban J connectivity index is 1.34. The highest BCUT2D eigenvalue weighted by Gasteiger charge is 2.20. The largest absolute Gasteiger partial charge is 0.338 e. The summed E-state index contributed by atoms with van der Waals surface area (Å²) in [5, 5.41) is 5.77. The van der Waals surface area contributed by atoms with Crippen molar-refractivity contribution in [1.29, 1.82) is 0 Å². The lowest BCUT2D eigenvalue weighted by atomic mass is 10.1. The number of nitrogens with zero attached hydrogens (tertiary/aromatic N) is 5. The van der Waals surface area contributed by atoms with Crippen LogP contribution in [0.5, 0.6) is 0 Å². The minimum atomic E-state index is 0.291. The first-order chi connectivity index (χ1) is 13.1. The Kier molecular flexibility index (Phi) is 5.38. The Hall–Kier alpha value is -2.02. The van der Waals surface area contributed by atoms with Crippen molar-refractivity contribution in [2.24, 2.45) is 0 Å². The molecule has 0 atom stereocenters. The number of halogens is 1. The SMILES string of the molecule is CC(C)c1noc(CN2CCN(Cc3cc4ccccc4nc3Cl)CC2)n1. The lowest BCUT2D eigenvalue weighted by Gasteiger charge is -2.34. The fourth-order valence-corrected chi connectivity index (χ4v) is 3.56. The number of pyridine rings is 1. The van der Waals surface area contributed by atoms with Gasteiger partial charge in [-0.2, -0.15) is 4.98 Å². The van der Waals surface area contributed by atoms with Crippen LogP contribution in [0.4, 0.5) is 0 Å². The molecule has 0 amide bonds. The topological polar surface area (TPSA) is 58.3 Å². The number of piperazine rings is 1. The Labute approximate surface area is 164 Å². The van der Waals surface area contributed by atoms with Gasteiger partial charge >= 0.3 is 0 Å². The molecule has 2 aromatic heterocycles. The first kappa shape index (κ1) is 18.3. The van der Waals surface area contributed by atoms with Crippen molar-refractivity contribution in [3.05, 3.63) is 52.8 Å². The summed E-state index contributed by atoms with van der Waals surface area (Å²) in [6.07, 6.45) is 0. The fraction of sp³-hybridized carbons (Fsp3) is 0.450. The maximum absolute atomic E-state index is 6.41. The zero-order valence-electron chi connectivity index (χ0n) is 15.7. The fourth-order valence-electron chi connectivity index (χ4n) is 3.35. The van der Waals surface area contributed by atoms with Gasteiger partial charge in [0.2, 0.25) is 5.89 Å². The van der Waals surface area contributed by atoms with Gasteiger partial charge in [0.05, 0.1) is 12.1 Å². The monoisotopic (exact) mass is 385 g/mol. The van der Waals surface area contributed by atoms with Gasteiger partial charge in [-0.1, -0.05) is 48.8 Å². The molecule has 1 aliphatic heterocycles. The highest BCUT2D eigenvalue weighted by atomic mass is 35.5. The minimum absolute atomic E-state index is 0.291. The molecule has 0 radical (unpaired) electrons. The van der Waals surface area contributed by atoms with Gasteiger partial charge in [-0.25, -0.2) is 4.98 Å². The molecule has 3 heterocycles. The quantitative estimate of drug-likeness (QED) is 0.624. The van der Waals surface area contributed by atoms with Gasteiger partial charge in [0.1, 0.15) is 5.15 Å². The molecular weight excluding hydrogens is 362 g/mol.